The van der Waals surface area contributed by atoms with Crippen molar-refractivity contribution in [3.05, 3.63) is 36.4 Å². The average molecular weight is 422 g/mol. The van der Waals surface area contributed by atoms with Crippen molar-refractivity contribution in [3.8, 4) is 0 Å². The quantitative estimate of drug-likeness (QED) is 0.385. The van der Waals surface area contributed by atoms with E-state index in [4.69, 9.17) is 10.5 Å². The Morgan fingerprint density at radius 2 is 2.03 bits per heavy atom. The van der Waals surface area contributed by atoms with Gasteiger partial charge in [-0.15, -0.1) is 0 Å². The molecular formula is C22H31NO5S. The summed E-state index contributed by atoms with van der Waals surface area (Å²) >= 11 is 0. The van der Waals surface area contributed by atoms with Crippen LogP contribution in [0.5, 0.6) is 0 Å². The maximum absolute atomic E-state index is 13.4. The van der Waals surface area contributed by atoms with Gasteiger partial charge in [-0.2, -0.15) is 0 Å². The van der Waals surface area contributed by atoms with Gasteiger partial charge in [-0.3, -0.25) is 9.00 Å². The molecule has 2 aliphatic rings. The second kappa shape index (κ2) is 9.87. The highest BCUT2D eigenvalue weighted by molar-refractivity contribution is 7.85. The van der Waals surface area contributed by atoms with Crippen LogP contribution in [0.1, 0.15) is 45.4 Å². The van der Waals surface area contributed by atoms with Crippen molar-refractivity contribution in [2.75, 3.05) is 5.73 Å². The number of esters is 1. The minimum absolute atomic E-state index is 0.00506. The molecule has 7 atom stereocenters. The van der Waals surface area contributed by atoms with Gasteiger partial charge >= 0.3 is 5.97 Å². The van der Waals surface area contributed by atoms with E-state index < -0.39 is 34.2 Å². The number of nitrogen functional groups attached to an aromatic ring is 1. The normalized spacial score (nSPS) is 36.0. The number of cyclic esters (lactones) is 1. The van der Waals surface area contributed by atoms with Crippen LogP contribution in [-0.2, 0) is 20.3 Å². The summed E-state index contributed by atoms with van der Waals surface area (Å²) in [6, 6.07) is 6.71. The highest BCUT2D eigenvalue weighted by Crippen LogP contribution is 2.39. The molecule has 7 heteroatoms. The van der Waals surface area contributed by atoms with Crippen molar-refractivity contribution in [3.63, 3.8) is 0 Å². The van der Waals surface area contributed by atoms with E-state index in [0.29, 0.717) is 23.4 Å². The average Bonchev–Trinajstić information content (AvgIpc) is 3.04. The van der Waals surface area contributed by atoms with Crippen LogP contribution in [0.4, 0.5) is 5.69 Å². The summed E-state index contributed by atoms with van der Waals surface area (Å²) in [5, 5.41) is 20.6. The van der Waals surface area contributed by atoms with Gasteiger partial charge in [0, 0.05) is 10.6 Å². The molecule has 1 fully saturated rings. The molecule has 3 rings (SSSR count). The van der Waals surface area contributed by atoms with Gasteiger partial charge in [0.15, 0.2) is 0 Å². The van der Waals surface area contributed by atoms with E-state index in [1.807, 2.05) is 6.92 Å². The smallest absolute Gasteiger partial charge is 0.307 e. The number of hydrogen-bond acceptors (Lipinski definition) is 6. The Hall–Kier alpha value is -1.70. The zero-order valence-corrected chi connectivity index (χ0v) is 17.6. The van der Waals surface area contributed by atoms with E-state index in [9.17, 15) is 19.2 Å². The van der Waals surface area contributed by atoms with Crippen molar-refractivity contribution in [2.45, 2.75) is 73.9 Å². The van der Waals surface area contributed by atoms with Crippen molar-refractivity contribution in [1.29, 1.82) is 0 Å². The fraction of sp³-hybridized carbons (Fsp3) is 0.591. The summed E-state index contributed by atoms with van der Waals surface area (Å²) in [5.74, 6) is -0.724. The van der Waals surface area contributed by atoms with Gasteiger partial charge < -0.3 is 20.7 Å². The van der Waals surface area contributed by atoms with Crippen molar-refractivity contribution in [1.82, 2.24) is 0 Å². The molecule has 1 aromatic carbocycles. The molecule has 29 heavy (non-hydrogen) atoms. The fourth-order valence-corrected chi connectivity index (χ4v) is 5.95. The highest BCUT2D eigenvalue weighted by Gasteiger charge is 2.42. The second-order valence-corrected chi connectivity index (χ2v) is 9.89. The fourth-order valence-electron chi connectivity index (χ4n) is 4.39. The number of hydrogen-bond donors (Lipinski definition) is 3. The van der Waals surface area contributed by atoms with Crippen LogP contribution in [0, 0.1) is 11.8 Å². The van der Waals surface area contributed by atoms with Crippen molar-refractivity contribution >= 4 is 22.5 Å². The first kappa shape index (κ1) is 22.0. The maximum atomic E-state index is 13.4. The number of aliphatic hydroxyl groups excluding tert-OH is 2. The van der Waals surface area contributed by atoms with Gasteiger partial charge in [0.2, 0.25) is 0 Å². The van der Waals surface area contributed by atoms with E-state index in [-0.39, 0.29) is 24.4 Å². The van der Waals surface area contributed by atoms with Gasteiger partial charge in [0.05, 0.1) is 40.8 Å². The topological polar surface area (TPSA) is 110 Å². The van der Waals surface area contributed by atoms with Crippen LogP contribution in [0.2, 0.25) is 0 Å². The van der Waals surface area contributed by atoms with Gasteiger partial charge in [-0.25, -0.2) is 0 Å². The van der Waals surface area contributed by atoms with Gasteiger partial charge in [-0.1, -0.05) is 18.2 Å². The van der Waals surface area contributed by atoms with E-state index in [0.717, 1.165) is 19.3 Å². The highest BCUT2D eigenvalue weighted by atomic mass is 32.2. The van der Waals surface area contributed by atoms with E-state index in [1.165, 1.54) is 0 Å². The number of rotatable bonds is 2. The number of aliphatic hydroxyl groups is 2. The Labute approximate surface area is 174 Å². The molecule has 0 radical (unpaired) electrons. The molecule has 1 heterocycles. The zero-order valence-electron chi connectivity index (χ0n) is 16.8. The molecule has 0 unspecified atom stereocenters. The molecule has 0 amide bonds. The lowest BCUT2D eigenvalue weighted by Crippen LogP contribution is -2.40. The van der Waals surface area contributed by atoms with Crippen molar-refractivity contribution in [2.24, 2.45) is 11.8 Å². The van der Waals surface area contributed by atoms with Crippen LogP contribution in [0.15, 0.2) is 41.3 Å². The second-order valence-electron chi connectivity index (χ2n) is 8.22. The summed E-state index contributed by atoms with van der Waals surface area (Å²) in [6.07, 6.45) is 5.75. The SMILES string of the molecule is C[C@H]1CCC/C=C\[C@@H]2C[C@H](O)C[C@H]2[C@H](O)[C@H]([S@@](=O)c2cccc(N)c2)CC(=O)O1. The molecule has 0 bridgehead atoms. The molecular weight excluding hydrogens is 390 g/mol. The Morgan fingerprint density at radius 3 is 2.79 bits per heavy atom. The molecule has 6 nitrogen and oxygen atoms in total. The predicted octanol–water partition coefficient (Wildman–Crippen LogP) is 2.55. The van der Waals surface area contributed by atoms with Gasteiger partial charge in [-0.05, 0) is 69.1 Å². The third-order valence-electron chi connectivity index (χ3n) is 5.89. The third kappa shape index (κ3) is 5.68. The molecule has 1 saturated carbocycles. The number of benzene rings is 1. The Bertz CT molecular complexity index is 767. The third-order valence-corrected chi connectivity index (χ3v) is 7.60. The van der Waals surface area contributed by atoms with Crippen LogP contribution in [0.25, 0.3) is 0 Å². The summed E-state index contributed by atoms with van der Waals surface area (Å²) < 4.78 is 18.9. The molecule has 0 saturated heterocycles. The van der Waals surface area contributed by atoms with Gasteiger partial charge in [0.25, 0.3) is 0 Å². The van der Waals surface area contributed by atoms with E-state index in [2.05, 4.69) is 12.2 Å². The number of fused-ring (bicyclic) bond motifs is 1. The maximum Gasteiger partial charge on any atom is 0.307 e. The summed E-state index contributed by atoms with van der Waals surface area (Å²) in [4.78, 5) is 13.0. The van der Waals surface area contributed by atoms with E-state index >= 15 is 0 Å². The Balaban J connectivity index is 1.92. The summed E-state index contributed by atoms with van der Waals surface area (Å²) in [5.41, 5.74) is 6.31. The minimum Gasteiger partial charge on any atom is -0.463 e. The lowest BCUT2D eigenvalue weighted by Gasteiger charge is -2.29. The monoisotopic (exact) mass is 421 g/mol. The number of anilines is 1. The first-order valence-corrected chi connectivity index (χ1v) is 11.5. The first-order valence-electron chi connectivity index (χ1n) is 10.3. The van der Waals surface area contributed by atoms with E-state index in [1.54, 1.807) is 24.3 Å². The standard InChI is InChI=1S/C22H31NO5S/c1-14-6-3-2-4-7-15-10-17(24)12-19(15)22(26)20(13-21(25)28-14)29(27)18-9-5-8-16(23)11-18/h4-5,7-9,11,14-15,17,19-20,22,24,26H,2-3,6,10,12-13,23H2,1H3/b7-4-/t14-,15+,17-,19+,20+,22-,29-/m0/s1. The number of carbonyl (C=O) groups is 1. The van der Waals surface area contributed by atoms with Crippen LogP contribution in [-0.4, -0.2) is 44.0 Å². The minimum atomic E-state index is -1.65. The van der Waals surface area contributed by atoms with Crippen LogP contribution >= 0.6 is 0 Å². The largest absolute Gasteiger partial charge is 0.463 e. The molecule has 0 aromatic heterocycles. The summed E-state index contributed by atoms with van der Waals surface area (Å²) in [6.45, 7) is 1.85. The molecule has 4 N–H and O–H groups in total. The van der Waals surface area contributed by atoms with Crippen LogP contribution in [0.3, 0.4) is 0 Å². The van der Waals surface area contributed by atoms with Crippen molar-refractivity contribution < 1.29 is 24.0 Å². The summed E-state index contributed by atoms with van der Waals surface area (Å²) in [7, 11) is -1.65. The molecule has 160 valence electrons. The van der Waals surface area contributed by atoms with Crippen LogP contribution < -0.4 is 5.73 Å². The number of carbonyl (C=O) groups excluding carboxylic acids is 1. The number of allylic oxidation sites excluding steroid dienone is 2. The number of ether oxygens (including phenoxy) is 1. The lowest BCUT2D eigenvalue weighted by molar-refractivity contribution is -0.149. The zero-order chi connectivity index (χ0) is 21.0. The predicted molar refractivity (Wildman–Crippen MR) is 112 cm³/mol. The lowest BCUT2D eigenvalue weighted by atomic mass is 9.87. The van der Waals surface area contributed by atoms with Gasteiger partial charge in [0.1, 0.15) is 0 Å². The Morgan fingerprint density at radius 1 is 1.24 bits per heavy atom. The molecule has 1 aromatic rings. The molecule has 1 aliphatic carbocycles. The molecule has 0 spiro atoms. The molecule has 1 aliphatic heterocycles. The Kier molecular flexibility index (Phi) is 7.49. The number of nitrogens with two attached hydrogens (primary N) is 1. The first-order chi connectivity index (χ1) is 13.8.